The van der Waals surface area contributed by atoms with Gasteiger partial charge in [0.2, 0.25) is 0 Å². The molecule has 0 atom stereocenters. The van der Waals surface area contributed by atoms with Crippen molar-refractivity contribution in [3.63, 3.8) is 0 Å². The zero-order chi connectivity index (χ0) is 12.5. The third kappa shape index (κ3) is 1.71. The lowest BCUT2D eigenvalue weighted by Gasteiger charge is -2.06. The molecular formula is C12H11N5S. The van der Waals surface area contributed by atoms with Crippen LogP contribution in [0.2, 0.25) is 0 Å². The molecule has 3 rings (SSSR count). The van der Waals surface area contributed by atoms with Gasteiger partial charge in [-0.2, -0.15) is 0 Å². The Kier molecular flexibility index (Phi) is 2.66. The number of rotatable bonds is 2. The maximum Gasteiger partial charge on any atom is 0.165 e. The number of pyridine rings is 1. The molecule has 0 aliphatic heterocycles. The van der Waals surface area contributed by atoms with Crippen LogP contribution in [0.25, 0.3) is 21.6 Å². The fourth-order valence-corrected chi connectivity index (χ4v) is 2.55. The van der Waals surface area contributed by atoms with Crippen LogP contribution < -0.4 is 11.3 Å². The first-order valence-corrected chi connectivity index (χ1v) is 6.30. The summed E-state index contributed by atoms with van der Waals surface area (Å²) in [5.41, 5.74) is 4.63. The number of nitrogen functional groups attached to an aromatic ring is 1. The Labute approximate surface area is 108 Å². The molecule has 0 aliphatic carbocycles. The summed E-state index contributed by atoms with van der Waals surface area (Å²) < 4.78 is 0. The van der Waals surface area contributed by atoms with Crippen molar-refractivity contribution in [1.82, 2.24) is 15.0 Å². The molecule has 3 aromatic rings. The summed E-state index contributed by atoms with van der Waals surface area (Å²) >= 11 is 1.56. The van der Waals surface area contributed by atoms with E-state index in [0.29, 0.717) is 11.6 Å². The van der Waals surface area contributed by atoms with Crippen LogP contribution in [0.5, 0.6) is 0 Å². The standard InChI is InChI=1S/C12H11N5S/c1-7-2-4-14-6-9(7)10-15-11(17-13)8-3-5-18-12(8)16-10/h2-6H,13H2,1H3,(H,15,16,17). The monoisotopic (exact) mass is 257 g/mol. The number of anilines is 1. The molecule has 0 unspecified atom stereocenters. The van der Waals surface area contributed by atoms with Crippen molar-refractivity contribution in [2.75, 3.05) is 5.43 Å². The summed E-state index contributed by atoms with van der Waals surface area (Å²) in [5.74, 6) is 6.79. The summed E-state index contributed by atoms with van der Waals surface area (Å²) in [5, 5.41) is 2.91. The molecule has 0 spiro atoms. The Morgan fingerprint density at radius 2 is 2.17 bits per heavy atom. The first-order chi connectivity index (χ1) is 8.79. The number of hydrogen-bond donors (Lipinski definition) is 2. The van der Waals surface area contributed by atoms with Gasteiger partial charge < -0.3 is 5.43 Å². The lowest BCUT2D eigenvalue weighted by molar-refractivity contribution is 1.17. The number of hydrazine groups is 1. The summed E-state index contributed by atoms with van der Waals surface area (Å²) in [6.07, 6.45) is 3.52. The topological polar surface area (TPSA) is 76.7 Å². The zero-order valence-corrected chi connectivity index (χ0v) is 10.5. The molecule has 0 radical (unpaired) electrons. The molecule has 3 heterocycles. The van der Waals surface area contributed by atoms with Crippen LogP contribution in [0.1, 0.15) is 5.56 Å². The fraction of sp³-hybridized carbons (Fsp3) is 0.0833. The third-order valence-electron chi connectivity index (χ3n) is 2.74. The van der Waals surface area contributed by atoms with E-state index in [1.807, 2.05) is 24.4 Å². The van der Waals surface area contributed by atoms with Gasteiger partial charge in [0.15, 0.2) is 11.6 Å². The van der Waals surface area contributed by atoms with Crippen LogP contribution in [0.15, 0.2) is 29.9 Å². The summed E-state index contributed by atoms with van der Waals surface area (Å²) in [7, 11) is 0. The number of nitrogens with two attached hydrogens (primary N) is 1. The Morgan fingerprint density at radius 1 is 1.28 bits per heavy atom. The fourth-order valence-electron chi connectivity index (χ4n) is 1.78. The van der Waals surface area contributed by atoms with Crippen molar-refractivity contribution in [2.45, 2.75) is 6.92 Å². The van der Waals surface area contributed by atoms with Gasteiger partial charge in [-0.25, -0.2) is 15.8 Å². The van der Waals surface area contributed by atoms with E-state index in [1.54, 1.807) is 23.7 Å². The minimum Gasteiger partial charge on any atom is -0.308 e. The number of nitrogens with zero attached hydrogens (tertiary/aromatic N) is 3. The lowest BCUT2D eigenvalue weighted by Crippen LogP contribution is -2.10. The van der Waals surface area contributed by atoms with E-state index in [9.17, 15) is 0 Å². The average Bonchev–Trinajstić information content (AvgIpc) is 2.86. The van der Waals surface area contributed by atoms with Gasteiger partial charge in [-0.1, -0.05) is 0 Å². The van der Waals surface area contributed by atoms with Crippen molar-refractivity contribution < 1.29 is 0 Å². The van der Waals surface area contributed by atoms with Crippen LogP contribution in [-0.4, -0.2) is 15.0 Å². The molecule has 90 valence electrons. The summed E-state index contributed by atoms with van der Waals surface area (Å²) in [4.78, 5) is 14.0. The molecule has 0 saturated heterocycles. The number of fused-ring (bicyclic) bond motifs is 1. The molecule has 0 aliphatic rings. The number of aryl methyl sites for hydroxylation is 1. The highest BCUT2D eigenvalue weighted by Crippen LogP contribution is 2.28. The first kappa shape index (κ1) is 11.1. The quantitative estimate of drug-likeness (QED) is 0.544. The maximum atomic E-state index is 5.51. The van der Waals surface area contributed by atoms with Gasteiger partial charge in [-0.15, -0.1) is 11.3 Å². The van der Waals surface area contributed by atoms with E-state index >= 15 is 0 Å². The second-order valence-electron chi connectivity index (χ2n) is 3.87. The van der Waals surface area contributed by atoms with Crippen LogP contribution in [0.3, 0.4) is 0 Å². The number of hydrogen-bond acceptors (Lipinski definition) is 6. The molecule has 3 N–H and O–H groups in total. The smallest absolute Gasteiger partial charge is 0.165 e. The highest BCUT2D eigenvalue weighted by atomic mass is 32.1. The minimum atomic E-state index is 0.638. The second-order valence-corrected chi connectivity index (χ2v) is 4.76. The molecule has 6 heteroatoms. The summed E-state index contributed by atoms with van der Waals surface area (Å²) in [6.45, 7) is 2.01. The molecule has 0 saturated carbocycles. The second kappa shape index (κ2) is 4.32. The number of thiophene rings is 1. The van der Waals surface area contributed by atoms with Crippen molar-refractivity contribution in [3.8, 4) is 11.4 Å². The maximum absolute atomic E-state index is 5.51. The van der Waals surface area contributed by atoms with Gasteiger partial charge in [0.25, 0.3) is 0 Å². The lowest BCUT2D eigenvalue weighted by atomic mass is 10.1. The van der Waals surface area contributed by atoms with E-state index in [4.69, 9.17) is 5.84 Å². The predicted molar refractivity (Wildman–Crippen MR) is 73.2 cm³/mol. The van der Waals surface area contributed by atoms with Crippen LogP contribution >= 0.6 is 11.3 Å². The van der Waals surface area contributed by atoms with Gasteiger partial charge >= 0.3 is 0 Å². The number of nitrogens with one attached hydrogen (secondary N) is 1. The molecule has 5 nitrogen and oxygen atoms in total. The SMILES string of the molecule is Cc1ccncc1-c1nc(NN)c2ccsc2n1. The molecule has 18 heavy (non-hydrogen) atoms. The molecular weight excluding hydrogens is 246 g/mol. The number of aromatic nitrogens is 3. The normalized spacial score (nSPS) is 10.8. The van der Waals surface area contributed by atoms with Gasteiger partial charge in [-0.05, 0) is 30.0 Å². The molecule has 0 bridgehead atoms. The van der Waals surface area contributed by atoms with E-state index in [0.717, 1.165) is 21.3 Å². The first-order valence-electron chi connectivity index (χ1n) is 5.42. The Morgan fingerprint density at radius 3 is 2.94 bits per heavy atom. The van der Waals surface area contributed by atoms with Gasteiger partial charge in [0.1, 0.15) is 4.83 Å². The van der Waals surface area contributed by atoms with Crippen LogP contribution in [0.4, 0.5) is 5.82 Å². The van der Waals surface area contributed by atoms with E-state index < -0.39 is 0 Å². The Hall–Kier alpha value is -2.05. The van der Waals surface area contributed by atoms with Crippen molar-refractivity contribution in [2.24, 2.45) is 5.84 Å². The van der Waals surface area contributed by atoms with E-state index in [1.165, 1.54) is 0 Å². The molecule has 0 amide bonds. The Balaban J connectivity index is 2.27. The summed E-state index contributed by atoms with van der Waals surface area (Å²) in [6, 6.07) is 3.89. The van der Waals surface area contributed by atoms with Crippen molar-refractivity contribution >= 4 is 27.4 Å². The molecule has 0 aromatic carbocycles. The third-order valence-corrected chi connectivity index (χ3v) is 3.55. The zero-order valence-electron chi connectivity index (χ0n) is 9.71. The van der Waals surface area contributed by atoms with Gasteiger partial charge in [-0.3, -0.25) is 4.98 Å². The molecule has 3 aromatic heterocycles. The van der Waals surface area contributed by atoms with Gasteiger partial charge in [0.05, 0.1) is 5.39 Å². The predicted octanol–water partition coefficient (Wildman–Crippen LogP) is 2.35. The van der Waals surface area contributed by atoms with Gasteiger partial charge in [0, 0.05) is 18.0 Å². The van der Waals surface area contributed by atoms with Crippen LogP contribution in [-0.2, 0) is 0 Å². The Bertz CT molecular complexity index is 707. The highest BCUT2D eigenvalue weighted by Gasteiger charge is 2.11. The highest BCUT2D eigenvalue weighted by molar-refractivity contribution is 7.16. The van der Waals surface area contributed by atoms with Crippen molar-refractivity contribution in [1.29, 1.82) is 0 Å². The van der Waals surface area contributed by atoms with E-state index in [2.05, 4.69) is 20.4 Å². The van der Waals surface area contributed by atoms with Crippen LogP contribution in [0, 0.1) is 6.92 Å². The van der Waals surface area contributed by atoms with Crippen molar-refractivity contribution in [3.05, 3.63) is 35.5 Å². The largest absolute Gasteiger partial charge is 0.308 e. The molecule has 0 fully saturated rings. The van der Waals surface area contributed by atoms with E-state index in [-0.39, 0.29) is 0 Å². The minimum absolute atomic E-state index is 0.638. The average molecular weight is 257 g/mol.